The van der Waals surface area contributed by atoms with Gasteiger partial charge >= 0.3 is 5.97 Å². The smallest absolute Gasteiger partial charge is 0.317 e. The van der Waals surface area contributed by atoms with Gasteiger partial charge in [-0.25, -0.2) is 5.43 Å². The predicted molar refractivity (Wildman–Crippen MR) is 107 cm³/mol. The van der Waals surface area contributed by atoms with Crippen molar-refractivity contribution < 1.29 is 14.7 Å². The molecule has 0 aromatic rings. The van der Waals surface area contributed by atoms with Gasteiger partial charge in [-0.2, -0.15) is 0 Å². The zero-order valence-electron chi connectivity index (χ0n) is 17.0. The van der Waals surface area contributed by atoms with Gasteiger partial charge in [0.2, 0.25) is 5.91 Å². The third-order valence-electron chi connectivity index (χ3n) is 4.49. The summed E-state index contributed by atoms with van der Waals surface area (Å²) >= 11 is 0. The molecule has 0 unspecified atom stereocenters. The topological polar surface area (TPSA) is 81.7 Å². The van der Waals surface area contributed by atoms with Crippen molar-refractivity contribution in [1.29, 1.82) is 0 Å². The van der Waals surface area contributed by atoms with Crippen molar-refractivity contribution in [3.8, 4) is 0 Å². The van der Waals surface area contributed by atoms with Gasteiger partial charge in [0, 0.05) is 6.42 Å². The molecule has 0 aliphatic rings. The summed E-state index contributed by atoms with van der Waals surface area (Å²) in [4.78, 5) is 23.7. The van der Waals surface area contributed by atoms with E-state index in [4.69, 9.17) is 5.11 Å². The second-order valence-electron chi connectivity index (χ2n) is 7.28. The molecule has 0 rings (SSSR count). The summed E-state index contributed by atoms with van der Waals surface area (Å²) in [5.74, 6) is -0.913. The molecule has 3 N–H and O–H groups in total. The molecule has 0 aromatic carbocycles. The van der Waals surface area contributed by atoms with E-state index in [0.29, 0.717) is 13.1 Å². The quantitative estimate of drug-likeness (QED) is 0.181. The van der Waals surface area contributed by atoms with Gasteiger partial charge in [0.15, 0.2) is 0 Å². The van der Waals surface area contributed by atoms with Crippen molar-refractivity contribution in [2.45, 2.75) is 96.8 Å². The Kier molecular flexibility index (Phi) is 17.8. The number of carboxylic acid groups (broad SMARTS) is 1. The molecule has 154 valence electrons. The second kappa shape index (κ2) is 18.6. The van der Waals surface area contributed by atoms with Crippen LogP contribution < -0.4 is 10.9 Å². The van der Waals surface area contributed by atoms with Crippen LogP contribution in [0.5, 0.6) is 0 Å². The van der Waals surface area contributed by atoms with Crippen LogP contribution >= 0.6 is 0 Å². The molecule has 0 radical (unpaired) electrons. The maximum Gasteiger partial charge on any atom is 0.317 e. The number of nitrogens with zero attached hydrogens (tertiary/aromatic N) is 1. The van der Waals surface area contributed by atoms with Crippen molar-refractivity contribution in [2.24, 2.45) is 0 Å². The van der Waals surface area contributed by atoms with E-state index in [-0.39, 0.29) is 12.5 Å². The van der Waals surface area contributed by atoms with E-state index < -0.39 is 5.97 Å². The normalized spacial score (nSPS) is 11.0. The van der Waals surface area contributed by atoms with Crippen LogP contribution in [-0.4, -0.2) is 42.1 Å². The molecule has 0 bridgehead atoms. The standard InChI is InChI=1S/C20H41N3O3/c1-3-4-5-6-7-8-9-10-11-12-13-14-15-16-19(24)22-21-18-23(2)17-20(25)26/h21H,3-18H2,1-2H3,(H,22,24)(H,25,26). The molecule has 26 heavy (non-hydrogen) atoms. The number of carboxylic acids is 1. The van der Waals surface area contributed by atoms with Gasteiger partial charge in [0.1, 0.15) is 0 Å². The van der Waals surface area contributed by atoms with Gasteiger partial charge in [-0.15, -0.1) is 0 Å². The monoisotopic (exact) mass is 371 g/mol. The van der Waals surface area contributed by atoms with Crippen molar-refractivity contribution in [3.05, 3.63) is 0 Å². The minimum atomic E-state index is -0.882. The molecule has 0 heterocycles. The van der Waals surface area contributed by atoms with E-state index in [0.717, 1.165) is 12.8 Å². The highest BCUT2D eigenvalue weighted by Crippen LogP contribution is 2.12. The minimum absolute atomic E-state index is 0.0307. The zero-order valence-corrected chi connectivity index (χ0v) is 17.0. The third kappa shape index (κ3) is 19.2. The van der Waals surface area contributed by atoms with E-state index >= 15 is 0 Å². The number of hydrazine groups is 1. The molecule has 0 aliphatic heterocycles. The van der Waals surface area contributed by atoms with E-state index in [1.807, 2.05) is 0 Å². The highest BCUT2D eigenvalue weighted by molar-refractivity contribution is 5.75. The van der Waals surface area contributed by atoms with Crippen molar-refractivity contribution in [1.82, 2.24) is 15.8 Å². The number of likely N-dealkylation sites (N-methyl/N-ethyl adjacent to an activating group) is 1. The van der Waals surface area contributed by atoms with E-state index in [1.165, 1.54) is 70.6 Å². The highest BCUT2D eigenvalue weighted by Gasteiger charge is 2.04. The molecule has 0 atom stereocenters. The lowest BCUT2D eigenvalue weighted by molar-refractivity contribution is -0.138. The van der Waals surface area contributed by atoms with Crippen LogP contribution in [0.3, 0.4) is 0 Å². The molecule has 0 fully saturated rings. The summed E-state index contributed by atoms with van der Waals surface area (Å²) in [6.45, 7) is 2.52. The average molecular weight is 372 g/mol. The van der Waals surface area contributed by atoms with Crippen LogP contribution in [-0.2, 0) is 9.59 Å². The lowest BCUT2D eigenvalue weighted by atomic mass is 10.0. The summed E-state index contributed by atoms with van der Waals surface area (Å²) in [6.07, 6.45) is 17.4. The Bertz CT molecular complexity index is 351. The summed E-state index contributed by atoms with van der Waals surface area (Å²) < 4.78 is 0. The SMILES string of the molecule is CCCCCCCCCCCCCCCC(=O)NNCN(C)CC(=O)O. The Hall–Kier alpha value is -1.14. The molecule has 0 spiro atoms. The zero-order chi connectivity index (χ0) is 19.5. The number of hydrogen-bond donors (Lipinski definition) is 3. The number of hydrogen-bond acceptors (Lipinski definition) is 4. The molecular weight excluding hydrogens is 330 g/mol. The van der Waals surface area contributed by atoms with Crippen molar-refractivity contribution in [2.75, 3.05) is 20.3 Å². The van der Waals surface area contributed by atoms with E-state index in [9.17, 15) is 9.59 Å². The fourth-order valence-electron chi connectivity index (χ4n) is 2.93. The van der Waals surface area contributed by atoms with E-state index in [2.05, 4.69) is 17.8 Å². The summed E-state index contributed by atoms with van der Waals surface area (Å²) in [5, 5.41) is 8.62. The average Bonchev–Trinajstić information content (AvgIpc) is 2.58. The lowest BCUT2D eigenvalue weighted by Gasteiger charge is -2.15. The minimum Gasteiger partial charge on any atom is -0.480 e. The summed E-state index contributed by atoms with van der Waals surface area (Å²) in [5.41, 5.74) is 5.36. The number of carbonyl (C=O) groups excluding carboxylic acids is 1. The summed E-state index contributed by atoms with van der Waals surface area (Å²) in [6, 6.07) is 0. The van der Waals surface area contributed by atoms with Gasteiger partial charge < -0.3 is 5.11 Å². The van der Waals surface area contributed by atoms with E-state index in [1.54, 1.807) is 11.9 Å². The Morgan fingerprint density at radius 2 is 1.27 bits per heavy atom. The van der Waals surface area contributed by atoms with Crippen LogP contribution in [0.25, 0.3) is 0 Å². The Morgan fingerprint density at radius 3 is 1.73 bits per heavy atom. The number of aliphatic carboxylic acids is 1. The first-order valence-corrected chi connectivity index (χ1v) is 10.5. The fourth-order valence-corrected chi connectivity index (χ4v) is 2.93. The van der Waals surface area contributed by atoms with Gasteiger partial charge in [0.25, 0.3) is 0 Å². The molecule has 0 saturated heterocycles. The lowest BCUT2D eigenvalue weighted by Crippen LogP contribution is -2.44. The largest absolute Gasteiger partial charge is 0.480 e. The first-order valence-electron chi connectivity index (χ1n) is 10.5. The van der Waals surface area contributed by atoms with Crippen LogP contribution in [0.4, 0.5) is 0 Å². The number of rotatable bonds is 19. The van der Waals surface area contributed by atoms with Crippen molar-refractivity contribution in [3.63, 3.8) is 0 Å². The Labute approximate surface area is 160 Å². The Morgan fingerprint density at radius 1 is 0.808 bits per heavy atom. The van der Waals surface area contributed by atoms with Crippen LogP contribution in [0.2, 0.25) is 0 Å². The van der Waals surface area contributed by atoms with Gasteiger partial charge in [0.05, 0.1) is 13.2 Å². The second-order valence-corrected chi connectivity index (χ2v) is 7.28. The molecule has 6 nitrogen and oxygen atoms in total. The van der Waals surface area contributed by atoms with Crippen LogP contribution in [0, 0.1) is 0 Å². The predicted octanol–water partition coefficient (Wildman–Crippen LogP) is 4.06. The van der Waals surface area contributed by atoms with Gasteiger partial charge in [-0.1, -0.05) is 84.0 Å². The fraction of sp³-hybridized carbons (Fsp3) is 0.900. The highest BCUT2D eigenvalue weighted by atomic mass is 16.4. The summed E-state index contributed by atoms with van der Waals surface area (Å²) in [7, 11) is 1.68. The maximum atomic E-state index is 11.6. The number of unbranched alkanes of at least 4 members (excludes halogenated alkanes) is 12. The number of nitrogens with one attached hydrogen (secondary N) is 2. The van der Waals surface area contributed by atoms with Gasteiger partial charge in [-0.05, 0) is 13.5 Å². The third-order valence-corrected chi connectivity index (χ3v) is 4.49. The maximum absolute atomic E-state index is 11.6. The molecule has 0 aromatic heterocycles. The molecular formula is C20H41N3O3. The first-order chi connectivity index (χ1) is 12.6. The molecule has 6 heteroatoms. The van der Waals surface area contributed by atoms with Crippen molar-refractivity contribution >= 4 is 11.9 Å². The Balaban J connectivity index is 3.24. The number of amides is 1. The van der Waals surface area contributed by atoms with Crippen LogP contribution in [0.15, 0.2) is 0 Å². The first kappa shape index (κ1) is 24.9. The molecule has 0 aliphatic carbocycles. The number of carbonyl (C=O) groups is 2. The van der Waals surface area contributed by atoms with Gasteiger partial charge in [-0.3, -0.25) is 19.9 Å². The molecule has 1 amide bonds. The molecule has 0 saturated carbocycles. The van der Waals surface area contributed by atoms with Crippen LogP contribution in [0.1, 0.15) is 96.8 Å².